The Morgan fingerprint density at radius 1 is 0.867 bits per heavy atom. The summed E-state index contributed by atoms with van der Waals surface area (Å²) in [6, 6.07) is 35.1. The van der Waals surface area contributed by atoms with Crippen molar-refractivity contribution in [3.05, 3.63) is 198 Å². The molecule has 11 atom stereocenters. The zero-order valence-electron chi connectivity index (χ0n) is 58.5. The SMILES string of the molecule is COc1ccc(C[C@@H](C)NC[C@H](O)c2ccc(O)c(NC=O)c2)cc1.C[C@@H]1C[C@H]2[C@@H]3CCC4=CC(=O)C=C[C@]4(C)[C@@]3(Cl)[C@@H](O)C[C@]2(C)[C@@]1(OC(=O)c1ccco1)C(=O)CCl.O.O.O=C(C[N+]12CCC(CC1)[C@@H](OC(=O)C(O)(c1ccccc1)c1ccccc1)C2)Nc1ccon1.O=C(O)/C=C/C(=O)O.[Br-]. The number of aliphatic hydroxyl groups excluding tert-OH is 2. The molecule has 3 aliphatic heterocycles. The number of fused-ring (bicyclic) bond motifs is 8. The third-order valence-corrected chi connectivity index (χ3v) is 22.4. The Bertz CT molecular complexity index is 3990. The summed E-state index contributed by atoms with van der Waals surface area (Å²) in [7, 11) is 1.64. The van der Waals surface area contributed by atoms with Crippen molar-refractivity contribution in [1.82, 2.24) is 10.5 Å². The van der Waals surface area contributed by atoms with Gasteiger partial charge in [0, 0.05) is 66.3 Å². The number of anilines is 2. The molecule has 29 heteroatoms. The van der Waals surface area contributed by atoms with Crippen molar-refractivity contribution < 1.29 is 125 Å². The lowest BCUT2D eigenvalue weighted by atomic mass is 9.45. The maximum atomic E-state index is 13.6. The number of nitrogens with one attached hydrogen (secondary N) is 3. The number of aliphatic hydroxyl groups is 3. The number of phenols is 1. The number of phenolic OH excluding ortho intramolecular Hbond substituents is 1. The average molecular weight is 1560 g/mol. The number of aliphatic carboxylic acids is 2. The normalized spacial score (nSPS) is 26.3. The first-order chi connectivity index (χ1) is 48.6. The summed E-state index contributed by atoms with van der Waals surface area (Å²) < 4.78 is 27.9. The van der Waals surface area contributed by atoms with Gasteiger partial charge >= 0.3 is 23.9 Å². The van der Waals surface area contributed by atoms with Crippen LogP contribution in [-0.2, 0) is 55.1 Å². The van der Waals surface area contributed by atoms with Crippen LogP contribution < -0.4 is 37.7 Å². The molecule has 6 fully saturated rings. The van der Waals surface area contributed by atoms with E-state index in [0.717, 1.165) is 43.7 Å². The van der Waals surface area contributed by atoms with Crippen LogP contribution in [0, 0.1) is 34.5 Å². The summed E-state index contributed by atoms with van der Waals surface area (Å²) in [6.45, 7) is 10.8. The molecule has 4 aromatic carbocycles. The highest BCUT2D eigenvalue weighted by Gasteiger charge is 2.76. The number of carbonyl (C=O) groups excluding carboxylic acids is 6. The topological polar surface area (TPSA) is 424 Å². The molecule has 5 heterocycles. The number of ketones is 2. The summed E-state index contributed by atoms with van der Waals surface area (Å²) in [5.74, 6) is -4.08. The highest BCUT2D eigenvalue weighted by atomic mass is 79.9. The number of quaternary nitrogens is 1. The molecule has 0 radical (unpaired) electrons. The van der Waals surface area contributed by atoms with Crippen molar-refractivity contribution in [3.63, 3.8) is 0 Å². The lowest BCUT2D eigenvalue weighted by Gasteiger charge is -2.64. The quantitative estimate of drug-likeness (QED) is 0.0109. The summed E-state index contributed by atoms with van der Waals surface area (Å²) in [5.41, 5.74) is -1.12. The van der Waals surface area contributed by atoms with Gasteiger partial charge in [0.2, 0.25) is 17.8 Å². The summed E-state index contributed by atoms with van der Waals surface area (Å²) >= 11 is 13.6. The molecule has 2 amide bonds. The van der Waals surface area contributed by atoms with Gasteiger partial charge in [-0.3, -0.25) is 19.2 Å². The van der Waals surface area contributed by atoms with Gasteiger partial charge in [0.05, 0.1) is 55.1 Å². The number of nitrogens with zero attached hydrogens (tertiary/aromatic N) is 2. The van der Waals surface area contributed by atoms with Crippen LogP contribution in [0.1, 0.15) is 105 Å². The fourth-order valence-electron chi connectivity index (χ4n) is 16.1. The van der Waals surface area contributed by atoms with Crippen LogP contribution in [0.3, 0.4) is 0 Å². The van der Waals surface area contributed by atoms with E-state index in [-0.39, 0.29) is 117 Å². The molecule has 7 aliphatic rings. The molecule has 4 aliphatic carbocycles. The zero-order valence-corrected chi connectivity index (χ0v) is 61.6. The Labute approximate surface area is 627 Å². The van der Waals surface area contributed by atoms with Crippen molar-refractivity contribution in [2.24, 2.45) is 34.5 Å². The number of methoxy groups -OCH3 is 1. The van der Waals surface area contributed by atoms with E-state index in [4.69, 9.17) is 56.6 Å². The molecule has 26 nitrogen and oxygen atoms in total. The third-order valence-electron chi connectivity index (χ3n) is 21.2. The monoisotopic (exact) mass is 1560 g/mol. The zero-order chi connectivity index (χ0) is 73.8. The lowest BCUT2D eigenvalue weighted by Crippen LogP contribution is -3.00. The number of ether oxygens (including phenoxy) is 3. The molecule has 2 aromatic heterocycles. The second-order valence-corrected chi connectivity index (χ2v) is 28.2. The van der Waals surface area contributed by atoms with E-state index in [1.165, 1.54) is 36.3 Å². The number of allylic oxidation sites excluding steroid dienone is 4. The number of furan rings is 1. The Morgan fingerprint density at radius 2 is 1.50 bits per heavy atom. The maximum Gasteiger partial charge on any atom is 0.375 e. The highest BCUT2D eigenvalue weighted by molar-refractivity contribution is 6.29. The molecule has 3 saturated carbocycles. The number of carbonyl (C=O) groups is 8. The standard InChI is InChI=1S/C27H30Cl2O6.C26H27N3O5.C19H24N2O4.C4H4O4.BrH.2H2O/c1-15-11-19-18-7-6-16-12-17(30)8-9-24(16,2)26(18,29)21(31)13-25(19,3)27(15,22(32)14-28)35-23(33)20-5-4-10-34-20;30-24(27-23-13-16-33-28-23)18-29-14-11-19(12-15-29)22(17-29)34-25(31)26(32,20-7-3-1-4-8-20)21-9-5-2-6-10-21;1-13(9-14-3-6-16(25-2)7-4-14)20-11-19(24)15-5-8-18(23)17(10-15)21-12-22;5-3(6)1-2-4(7)8;;;/h4-5,8-10,12,15,18-19,21,31H,6-7,11,13-14H2,1-3H3;1-10,13,16,19,22,32H,11-12,14-15,17-18H2;3-8,10,12-13,19-20,23-24H,9,11H2,1-2H3,(H,21,22);1-2H,(H,5,6)(H,7,8);1H;2*1H2/b;;;2-1+;;;/t15-,18+,19+,21+,24+,25+,26+,27+;19?,22-,29?;13-,19+;;;;/m101..../s1. The van der Waals surface area contributed by atoms with E-state index < -0.39 is 63.0 Å². The summed E-state index contributed by atoms with van der Waals surface area (Å²) in [4.78, 5) is 93.6. The highest BCUT2D eigenvalue weighted by Crippen LogP contribution is 2.72. The van der Waals surface area contributed by atoms with Gasteiger partial charge in [-0.25, -0.2) is 19.2 Å². The first kappa shape index (κ1) is 85.1. The summed E-state index contributed by atoms with van der Waals surface area (Å²) in [6.07, 6.45) is 11.9. The minimum absolute atomic E-state index is 0. The number of alkyl halides is 2. The number of amides is 2. The van der Waals surface area contributed by atoms with Crippen LogP contribution in [0.4, 0.5) is 11.5 Å². The molecule has 3 saturated heterocycles. The van der Waals surface area contributed by atoms with Crippen LogP contribution in [0.2, 0.25) is 0 Å². The molecular weight excluding hydrogens is 1470 g/mol. The number of esters is 2. The van der Waals surface area contributed by atoms with Crippen molar-refractivity contribution in [3.8, 4) is 11.5 Å². The van der Waals surface area contributed by atoms with E-state index in [1.54, 1.807) is 86.0 Å². The predicted molar refractivity (Wildman–Crippen MR) is 382 cm³/mol. The lowest BCUT2D eigenvalue weighted by molar-refractivity contribution is -0.939. The van der Waals surface area contributed by atoms with Gasteiger partial charge in [-0.1, -0.05) is 116 Å². The molecule has 566 valence electrons. The Morgan fingerprint density at radius 3 is 2.07 bits per heavy atom. The first-order valence-corrected chi connectivity index (χ1v) is 34.5. The van der Waals surface area contributed by atoms with Crippen molar-refractivity contribution in [2.45, 2.75) is 113 Å². The van der Waals surface area contributed by atoms with Gasteiger partial charge in [-0.05, 0) is 122 Å². The van der Waals surface area contributed by atoms with Crippen LogP contribution >= 0.6 is 23.2 Å². The van der Waals surface area contributed by atoms with Crippen LogP contribution in [0.5, 0.6) is 11.5 Å². The first-order valence-electron chi connectivity index (χ1n) is 33.6. The minimum atomic E-state index is -1.91. The number of halogens is 3. The third kappa shape index (κ3) is 18.3. The number of Topliss-reactive ketones (excluding diaryl/α,β-unsaturated/α-hetero) is 1. The maximum absolute atomic E-state index is 13.6. The van der Waals surface area contributed by atoms with Gasteiger partial charge in [-0.15, -0.1) is 23.2 Å². The van der Waals surface area contributed by atoms with Crippen molar-refractivity contribution in [2.75, 3.05) is 56.3 Å². The van der Waals surface area contributed by atoms with Gasteiger partial charge in [0.25, 0.3) is 5.91 Å². The van der Waals surface area contributed by atoms with Crippen LogP contribution in [0.25, 0.3) is 0 Å². The van der Waals surface area contributed by atoms with Crippen LogP contribution in [0.15, 0.2) is 179 Å². The van der Waals surface area contributed by atoms with Gasteiger partial charge in [0.1, 0.15) is 24.3 Å². The number of aromatic hydroxyl groups is 1. The molecule has 0 unspecified atom stereocenters. The number of hydrogen-bond acceptors (Lipinski definition) is 19. The van der Waals surface area contributed by atoms with Crippen LogP contribution in [-0.4, -0.2) is 173 Å². The Balaban J connectivity index is 0.000000234. The van der Waals surface area contributed by atoms with Crippen molar-refractivity contribution in [1.29, 1.82) is 0 Å². The Hall–Kier alpha value is -8.87. The van der Waals surface area contributed by atoms with Gasteiger partial charge in [-0.2, -0.15) is 0 Å². The van der Waals surface area contributed by atoms with Gasteiger partial charge in [0.15, 0.2) is 35.6 Å². The number of aromatic nitrogens is 1. The van der Waals surface area contributed by atoms with Crippen molar-refractivity contribution >= 4 is 82.5 Å². The number of hydrogen-bond donors (Lipinski definition) is 9. The number of carboxylic acids is 2. The van der Waals surface area contributed by atoms with E-state index in [2.05, 4.69) is 21.1 Å². The Kier molecular flexibility index (Phi) is 29.5. The fraction of sp³-hybridized carbons (Fsp3) is 0.408. The van der Waals surface area contributed by atoms with Gasteiger partial charge < -0.3 is 102 Å². The minimum Gasteiger partial charge on any atom is -1.00 e. The average Bonchev–Trinajstić information content (AvgIpc) is 1.59. The molecule has 6 aromatic rings. The number of carboxylic acid groups (broad SMARTS) is 2. The predicted octanol–water partition coefficient (Wildman–Crippen LogP) is 4.86. The number of benzene rings is 4. The smallest absolute Gasteiger partial charge is 0.375 e. The van der Waals surface area contributed by atoms with E-state index in [0.29, 0.717) is 77.9 Å². The molecular formula is C76H90BrCl2N5O21. The second kappa shape index (κ2) is 36.4. The van der Waals surface area contributed by atoms with E-state index in [1.807, 2.05) is 70.2 Å². The molecule has 0 spiro atoms. The largest absolute Gasteiger partial charge is 1.00 e. The number of piperidine rings is 3. The molecule has 13 N–H and O–H groups in total. The molecule has 105 heavy (non-hydrogen) atoms. The fourth-order valence-corrected chi connectivity index (χ4v) is 16.8. The molecule has 2 bridgehead atoms. The second-order valence-electron chi connectivity index (χ2n) is 27.3. The molecule has 13 rings (SSSR count). The number of rotatable bonds is 22. The van der Waals surface area contributed by atoms with E-state index in [9.17, 15) is 58.8 Å². The summed E-state index contributed by atoms with van der Waals surface area (Å²) in [5, 5.41) is 71.2. The van der Waals surface area contributed by atoms with E-state index >= 15 is 0 Å².